The summed E-state index contributed by atoms with van der Waals surface area (Å²) >= 11 is 0. The van der Waals surface area contributed by atoms with E-state index in [-0.39, 0.29) is 10.5 Å². The van der Waals surface area contributed by atoms with Crippen LogP contribution in [0.4, 0.5) is 26.3 Å². The molecule has 0 heterocycles. The average Bonchev–Trinajstić information content (AvgIpc) is 2.34. The van der Waals surface area contributed by atoms with Crippen molar-refractivity contribution in [2.75, 3.05) is 7.05 Å². The van der Waals surface area contributed by atoms with Crippen LogP contribution in [-0.4, -0.2) is 36.1 Å². The first-order valence-corrected chi connectivity index (χ1v) is 5.46. The van der Waals surface area contributed by atoms with E-state index in [9.17, 15) is 35.9 Å². The number of hydrogen-bond donors (Lipinski definition) is 0. The SMILES string of the molecule is CN(C(=O)c1ccccc1)C(=O)C(C(F)(F)F)C(F)(F)F. The molecule has 1 aromatic rings. The Morgan fingerprint density at radius 1 is 0.952 bits per heavy atom. The van der Waals surface area contributed by atoms with Crippen LogP contribution in [0.3, 0.4) is 0 Å². The molecule has 2 amide bonds. The van der Waals surface area contributed by atoms with Crippen LogP contribution >= 0.6 is 0 Å². The van der Waals surface area contributed by atoms with Gasteiger partial charge in [-0.2, -0.15) is 26.3 Å². The third-order valence-corrected chi connectivity index (χ3v) is 2.56. The highest BCUT2D eigenvalue weighted by Gasteiger charge is 2.62. The molecule has 0 saturated heterocycles. The summed E-state index contributed by atoms with van der Waals surface area (Å²) < 4.78 is 74.5. The third-order valence-electron chi connectivity index (χ3n) is 2.56. The maximum Gasteiger partial charge on any atom is 0.409 e. The minimum Gasteiger partial charge on any atom is -0.281 e. The predicted molar refractivity (Wildman–Crippen MR) is 59.1 cm³/mol. The molecule has 0 aliphatic rings. The molecule has 0 saturated carbocycles. The number of nitrogens with zero attached hydrogens (tertiary/aromatic N) is 1. The van der Waals surface area contributed by atoms with Crippen LogP contribution < -0.4 is 0 Å². The number of amides is 2. The van der Waals surface area contributed by atoms with E-state index < -0.39 is 30.1 Å². The van der Waals surface area contributed by atoms with E-state index in [1.165, 1.54) is 30.3 Å². The highest BCUT2D eigenvalue weighted by Crippen LogP contribution is 2.40. The number of carbonyl (C=O) groups excluding carboxylic acids is 2. The Balaban J connectivity index is 3.08. The van der Waals surface area contributed by atoms with Crippen LogP contribution in [0.5, 0.6) is 0 Å². The van der Waals surface area contributed by atoms with Crippen molar-refractivity contribution in [1.82, 2.24) is 4.90 Å². The van der Waals surface area contributed by atoms with Gasteiger partial charge in [-0.3, -0.25) is 14.5 Å². The molecule has 3 nitrogen and oxygen atoms in total. The number of imide groups is 1. The molecule has 0 aliphatic heterocycles. The van der Waals surface area contributed by atoms with Gasteiger partial charge < -0.3 is 0 Å². The summed E-state index contributed by atoms with van der Waals surface area (Å²) in [7, 11) is 0.572. The van der Waals surface area contributed by atoms with Crippen molar-refractivity contribution in [3.8, 4) is 0 Å². The Morgan fingerprint density at radius 2 is 1.38 bits per heavy atom. The van der Waals surface area contributed by atoms with Gasteiger partial charge in [-0.1, -0.05) is 18.2 Å². The molecule has 116 valence electrons. The minimum absolute atomic E-state index is 0.180. The van der Waals surface area contributed by atoms with Gasteiger partial charge in [0.15, 0.2) is 0 Å². The Labute approximate surface area is 115 Å². The molecular formula is C12H9F6NO2. The van der Waals surface area contributed by atoms with Crippen LogP contribution in [0, 0.1) is 5.92 Å². The molecule has 0 bridgehead atoms. The maximum absolute atomic E-state index is 12.4. The highest BCUT2D eigenvalue weighted by atomic mass is 19.4. The Kier molecular flexibility index (Phi) is 4.65. The molecular weight excluding hydrogens is 304 g/mol. The van der Waals surface area contributed by atoms with Crippen LogP contribution in [0.2, 0.25) is 0 Å². The molecule has 0 aliphatic carbocycles. The quantitative estimate of drug-likeness (QED) is 0.787. The van der Waals surface area contributed by atoms with Gasteiger partial charge in [0.05, 0.1) is 0 Å². The Morgan fingerprint density at radius 3 is 1.76 bits per heavy atom. The first-order chi connectivity index (χ1) is 9.46. The molecule has 9 heteroatoms. The molecule has 1 aromatic carbocycles. The van der Waals surface area contributed by atoms with Gasteiger partial charge in [0.25, 0.3) is 11.8 Å². The topological polar surface area (TPSA) is 37.4 Å². The molecule has 0 N–H and O–H groups in total. The van der Waals surface area contributed by atoms with Gasteiger partial charge in [0, 0.05) is 12.6 Å². The fraction of sp³-hybridized carbons (Fsp3) is 0.333. The maximum atomic E-state index is 12.4. The van der Waals surface area contributed by atoms with E-state index in [0.717, 1.165) is 0 Å². The molecule has 0 spiro atoms. The Bertz CT molecular complexity index is 509. The van der Waals surface area contributed by atoms with Crippen LogP contribution in [-0.2, 0) is 4.79 Å². The third kappa shape index (κ3) is 3.96. The van der Waals surface area contributed by atoms with E-state index in [4.69, 9.17) is 0 Å². The summed E-state index contributed by atoms with van der Waals surface area (Å²) in [5, 5.41) is 0. The molecule has 0 radical (unpaired) electrons. The number of hydrogen-bond acceptors (Lipinski definition) is 2. The summed E-state index contributed by atoms with van der Waals surface area (Å²) in [6, 6.07) is 6.55. The molecule has 21 heavy (non-hydrogen) atoms. The second-order valence-electron chi connectivity index (χ2n) is 4.08. The lowest BCUT2D eigenvalue weighted by molar-refractivity contribution is -0.276. The van der Waals surface area contributed by atoms with Crippen molar-refractivity contribution < 1.29 is 35.9 Å². The van der Waals surface area contributed by atoms with Crippen molar-refractivity contribution >= 4 is 11.8 Å². The molecule has 0 aromatic heterocycles. The highest BCUT2D eigenvalue weighted by molar-refractivity contribution is 6.05. The van der Waals surface area contributed by atoms with Gasteiger partial charge in [-0.25, -0.2) is 0 Å². The second kappa shape index (κ2) is 5.74. The fourth-order valence-corrected chi connectivity index (χ4v) is 1.53. The number of rotatable bonds is 2. The summed E-state index contributed by atoms with van der Waals surface area (Å²) in [4.78, 5) is 23.0. The summed E-state index contributed by atoms with van der Waals surface area (Å²) in [5.41, 5.74) is -0.198. The number of benzene rings is 1. The fourth-order valence-electron chi connectivity index (χ4n) is 1.53. The molecule has 0 unspecified atom stereocenters. The number of halogens is 6. The lowest BCUT2D eigenvalue weighted by atomic mass is 10.1. The zero-order valence-electron chi connectivity index (χ0n) is 10.5. The van der Waals surface area contributed by atoms with Gasteiger partial charge in [-0.05, 0) is 12.1 Å². The predicted octanol–water partition coefficient (Wildman–Crippen LogP) is 3.03. The van der Waals surface area contributed by atoms with Crippen LogP contribution in [0.15, 0.2) is 30.3 Å². The van der Waals surface area contributed by atoms with Crippen molar-refractivity contribution in [2.24, 2.45) is 5.92 Å². The average molecular weight is 313 g/mol. The molecule has 0 fully saturated rings. The number of carbonyl (C=O) groups is 2. The summed E-state index contributed by atoms with van der Waals surface area (Å²) in [5.74, 6) is -7.86. The molecule has 0 atom stereocenters. The zero-order valence-corrected chi connectivity index (χ0v) is 10.5. The second-order valence-corrected chi connectivity index (χ2v) is 4.08. The van der Waals surface area contributed by atoms with Crippen molar-refractivity contribution in [1.29, 1.82) is 0 Å². The standard InChI is InChI=1S/C12H9F6NO2/c1-19(9(20)7-5-3-2-4-6-7)10(21)8(11(13,14)15)12(16,17)18/h2-6,8H,1H3. The Hall–Kier alpha value is -2.06. The van der Waals surface area contributed by atoms with E-state index >= 15 is 0 Å². The van der Waals surface area contributed by atoms with Crippen LogP contribution in [0.1, 0.15) is 10.4 Å². The van der Waals surface area contributed by atoms with Crippen molar-refractivity contribution in [3.63, 3.8) is 0 Å². The first-order valence-electron chi connectivity index (χ1n) is 5.46. The lowest BCUT2D eigenvalue weighted by Gasteiger charge is -2.25. The number of alkyl halides is 6. The normalized spacial score (nSPS) is 12.4. The lowest BCUT2D eigenvalue weighted by Crippen LogP contribution is -2.50. The largest absolute Gasteiger partial charge is 0.409 e. The molecule has 1 rings (SSSR count). The van der Waals surface area contributed by atoms with Gasteiger partial charge in [-0.15, -0.1) is 0 Å². The van der Waals surface area contributed by atoms with Gasteiger partial charge >= 0.3 is 12.4 Å². The monoisotopic (exact) mass is 313 g/mol. The van der Waals surface area contributed by atoms with Crippen molar-refractivity contribution in [3.05, 3.63) is 35.9 Å². The van der Waals surface area contributed by atoms with Crippen LogP contribution in [0.25, 0.3) is 0 Å². The van der Waals surface area contributed by atoms with E-state index in [0.29, 0.717) is 7.05 Å². The smallest absolute Gasteiger partial charge is 0.281 e. The van der Waals surface area contributed by atoms with E-state index in [2.05, 4.69) is 0 Å². The summed E-state index contributed by atoms with van der Waals surface area (Å²) in [6.45, 7) is 0. The minimum atomic E-state index is -5.83. The summed E-state index contributed by atoms with van der Waals surface area (Å²) in [6.07, 6.45) is -11.7. The first kappa shape index (κ1) is 17.0. The van der Waals surface area contributed by atoms with E-state index in [1.807, 2.05) is 0 Å². The van der Waals surface area contributed by atoms with Gasteiger partial charge in [0.2, 0.25) is 5.92 Å². The van der Waals surface area contributed by atoms with Crippen molar-refractivity contribution in [2.45, 2.75) is 12.4 Å². The van der Waals surface area contributed by atoms with E-state index in [1.54, 1.807) is 0 Å². The van der Waals surface area contributed by atoms with Gasteiger partial charge in [0.1, 0.15) is 0 Å². The zero-order chi connectivity index (χ0) is 16.4.